The van der Waals surface area contributed by atoms with E-state index < -0.39 is 0 Å². The maximum absolute atomic E-state index is 4.94. The molecule has 0 atom stereocenters. The predicted molar refractivity (Wildman–Crippen MR) is 37.2 cm³/mol. The van der Waals surface area contributed by atoms with Crippen LogP contribution < -0.4 is 5.84 Å². The van der Waals surface area contributed by atoms with E-state index in [1.807, 2.05) is 29.9 Å². The van der Waals surface area contributed by atoms with Crippen LogP contribution in [0.2, 0.25) is 0 Å². The molecule has 3 heteroatoms. The zero-order valence-electron chi connectivity index (χ0n) is 5.28. The van der Waals surface area contributed by atoms with Crippen LogP contribution in [0.1, 0.15) is 5.69 Å². The second-order valence-electron chi connectivity index (χ2n) is 1.82. The van der Waals surface area contributed by atoms with Crippen molar-refractivity contribution in [2.24, 2.45) is 18.0 Å². The van der Waals surface area contributed by atoms with E-state index in [1.54, 1.807) is 6.21 Å². The van der Waals surface area contributed by atoms with Gasteiger partial charge in [0.05, 0.1) is 11.9 Å². The maximum atomic E-state index is 4.94. The first kappa shape index (κ1) is 5.88. The Morgan fingerprint density at radius 3 is 3.00 bits per heavy atom. The molecule has 0 unspecified atom stereocenters. The molecular weight excluding hydrogens is 114 g/mol. The minimum Gasteiger partial charge on any atom is -0.350 e. The molecule has 1 aromatic rings. The molecule has 1 heterocycles. The third kappa shape index (κ3) is 1.10. The van der Waals surface area contributed by atoms with Crippen LogP contribution in [0.15, 0.2) is 23.4 Å². The zero-order valence-corrected chi connectivity index (χ0v) is 5.28. The number of aromatic nitrogens is 1. The highest BCUT2D eigenvalue weighted by Crippen LogP contribution is 1.93. The second kappa shape index (κ2) is 2.35. The molecule has 0 radical (unpaired) electrons. The summed E-state index contributed by atoms with van der Waals surface area (Å²) in [5, 5.41) is 3.39. The molecule has 0 aromatic carbocycles. The van der Waals surface area contributed by atoms with Crippen molar-refractivity contribution in [1.82, 2.24) is 4.57 Å². The van der Waals surface area contributed by atoms with Crippen molar-refractivity contribution in [2.75, 3.05) is 0 Å². The molecule has 1 aromatic heterocycles. The number of hydrazone groups is 1. The van der Waals surface area contributed by atoms with E-state index in [9.17, 15) is 0 Å². The molecule has 3 nitrogen and oxygen atoms in total. The van der Waals surface area contributed by atoms with E-state index in [0.29, 0.717) is 0 Å². The Bertz CT molecular complexity index is 212. The summed E-state index contributed by atoms with van der Waals surface area (Å²) in [7, 11) is 1.94. The largest absolute Gasteiger partial charge is 0.350 e. The molecule has 0 aliphatic rings. The van der Waals surface area contributed by atoms with Gasteiger partial charge in [-0.05, 0) is 12.1 Å². The first-order valence-corrected chi connectivity index (χ1v) is 2.69. The van der Waals surface area contributed by atoms with Crippen LogP contribution in [0, 0.1) is 0 Å². The van der Waals surface area contributed by atoms with E-state index in [1.165, 1.54) is 0 Å². The van der Waals surface area contributed by atoms with Crippen molar-refractivity contribution in [3.63, 3.8) is 0 Å². The lowest BCUT2D eigenvalue weighted by atomic mass is 10.5. The Morgan fingerprint density at radius 2 is 2.56 bits per heavy atom. The van der Waals surface area contributed by atoms with Crippen LogP contribution in [0.4, 0.5) is 0 Å². The Labute approximate surface area is 53.8 Å². The van der Waals surface area contributed by atoms with Gasteiger partial charge >= 0.3 is 0 Å². The Morgan fingerprint density at radius 1 is 1.78 bits per heavy atom. The Balaban J connectivity index is 2.94. The number of hydrogen-bond acceptors (Lipinski definition) is 2. The Hall–Kier alpha value is -1.25. The summed E-state index contributed by atoms with van der Waals surface area (Å²) in [6.45, 7) is 0. The van der Waals surface area contributed by atoms with Crippen molar-refractivity contribution >= 4 is 6.21 Å². The Kier molecular flexibility index (Phi) is 1.53. The lowest BCUT2D eigenvalue weighted by Crippen LogP contribution is -1.94. The minimum absolute atomic E-state index is 1.01. The summed E-state index contributed by atoms with van der Waals surface area (Å²) < 4.78 is 1.94. The molecule has 9 heavy (non-hydrogen) atoms. The monoisotopic (exact) mass is 123 g/mol. The van der Waals surface area contributed by atoms with Gasteiger partial charge in [-0.3, -0.25) is 0 Å². The van der Waals surface area contributed by atoms with Gasteiger partial charge in [0, 0.05) is 13.2 Å². The van der Waals surface area contributed by atoms with Gasteiger partial charge in [-0.1, -0.05) is 0 Å². The summed E-state index contributed by atoms with van der Waals surface area (Å²) in [5.41, 5.74) is 1.01. The summed E-state index contributed by atoms with van der Waals surface area (Å²) >= 11 is 0. The van der Waals surface area contributed by atoms with Crippen LogP contribution in [0.25, 0.3) is 0 Å². The van der Waals surface area contributed by atoms with E-state index in [0.717, 1.165) is 5.69 Å². The molecule has 0 fully saturated rings. The predicted octanol–water partition coefficient (Wildman–Crippen LogP) is 0.318. The first-order chi connectivity index (χ1) is 4.34. The van der Waals surface area contributed by atoms with Crippen LogP contribution in [0.5, 0.6) is 0 Å². The van der Waals surface area contributed by atoms with E-state index in [-0.39, 0.29) is 0 Å². The number of nitrogens with two attached hydrogens (primary N) is 1. The topological polar surface area (TPSA) is 43.3 Å². The molecule has 48 valence electrons. The highest BCUT2D eigenvalue weighted by atomic mass is 15.1. The van der Waals surface area contributed by atoms with E-state index in [2.05, 4.69) is 5.10 Å². The van der Waals surface area contributed by atoms with Gasteiger partial charge in [0.1, 0.15) is 0 Å². The molecule has 0 spiro atoms. The second-order valence-corrected chi connectivity index (χ2v) is 1.82. The normalized spacial score (nSPS) is 10.8. The molecule has 0 aliphatic carbocycles. The summed E-state index contributed by atoms with van der Waals surface area (Å²) in [6.07, 6.45) is 3.55. The van der Waals surface area contributed by atoms with Crippen LogP contribution in [0.3, 0.4) is 0 Å². The van der Waals surface area contributed by atoms with Gasteiger partial charge in [0.15, 0.2) is 0 Å². The summed E-state index contributed by atoms with van der Waals surface area (Å²) in [5.74, 6) is 4.94. The van der Waals surface area contributed by atoms with Crippen LogP contribution >= 0.6 is 0 Å². The number of hydrogen-bond donors (Lipinski definition) is 1. The number of nitrogens with zero attached hydrogens (tertiary/aromatic N) is 2. The van der Waals surface area contributed by atoms with Crippen molar-refractivity contribution in [3.05, 3.63) is 24.0 Å². The third-order valence-electron chi connectivity index (χ3n) is 1.19. The number of aryl methyl sites for hydroxylation is 1. The van der Waals surface area contributed by atoms with Crippen molar-refractivity contribution < 1.29 is 0 Å². The quantitative estimate of drug-likeness (QED) is 0.326. The fourth-order valence-corrected chi connectivity index (χ4v) is 0.685. The smallest absolute Gasteiger partial charge is 0.0702 e. The lowest BCUT2D eigenvalue weighted by Gasteiger charge is -1.91. The third-order valence-corrected chi connectivity index (χ3v) is 1.19. The van der Waals surface area contributed by atoms with Gasteiger partial charge in [0.2, 0.25) is 0 Å². The van der Waals surface area contributed by atoms with Crippen LogP contribution in [-0.2, 0) is 7.05 Å². The maximum Gasteiger partial charge on any atom is 0.0702 e. The van der Waals surface area contributed by atoms with Gasteiger partial charge in [-0.2, -0.15) is 5.10 Å². The molecule has 0 bridgehead atoms. The van der Waals surface area contributed by atoms with E-state index in [4.69, 9.17) is 5.84 Å². The standard InChI is InChI=1S/C6H9N3/c1-9-4-2-3-6(9)5-8-7/h2-5H,7H2,1H3. The molecule has 1 rings (SSSR count). The van der Waals surface area contributed by atoms with Gasteiger partial charge in [0.25, 0.3) is 0 Å². The average Bonchev–Trinajstić information content (AvgIpc) is 2.18. The highest BCUT2D eigenvalue weighted by molar-refractivity contribution is 5.77. The molecule has 0 saturated heterocycles. The van der Waals surface area contributed by atoms with Gasteiger partial charge < -0.3 is 10.4 Å². The molecule has 0 aliphatic heterocycles. The highest BCUT2D eigenvalue weighted by Gasteiger charge is 1.88. The van der Waals surface area contributed by atoms with Gasteiger partial charge in [-0.25, -0.2) is 0 Å². The summed E-state index contributed by atoms with van der Waals surface area (Å²) in [6, 6.07) is 3.88. The first-order valence-electron chi connectivity index (χ1n) is 2.69. The molecule has 2 N–H and O–H groups in total. The molecule has 0 saturated carbocycles. The van der Waals surface area contributed by atoms with Crippen molar-refractivity contribution in [2.45, 2.75) is 0 Å². The van der Waals surface area contributed by atoms with Crippen molar-refractivity contribution in [1.29, 1.82) is 0 Å². The fourth-order valence-electron chi connectivity index (χ4n) is 0.685. The summed E-state index contributed by atoms with van der Waals surface area (Å²) in [4.78, 5) is 0. The average molecular weight is 123 g/mol. The SMILES string of the molecule is Cn1cccc1C=NN. The lowest BCUT2D eigenvalue weighted by molar-refractivity contribution is 0.917. The van der Waals surface area contributed by atoms with Crippen molar-refractivity contribution in [3.8, 4) is 0 Å². The van der Waals surface area contributed by atoms with Gasteiger partial charge in [-0.15, -0.1) is 0 Å². The molecule has 0 amide bonds. The number of rotatable bonds is 1. The van der Waals surface area contributed by atoms with E-state index >= 15 is 0 Å². The zero-order chi connectivity index (χ0) is 6.69. The fraction of sp³-hybridized carbons (Fsp3) is 0.167. The molecular formula is C6H9N3. The minimum atomic E-state index is 1.01. The van der Waals surface area contributed by atoms with Crippen LogP contribution in [-0.4, -0.2) is 10.8 Å².